The van der Waals surface area contributed by atoms with Crippen molar-refractivity contribution in [3.63, 3.8) is 0 Å². The maximum Gasteiger partial charge on any atom is 0.151 e. The highest BCUT2D eigenvalue weighted by atomic mass is 32.2. The number of rotatable bonds is 3. The SMILES string of the molecule is COc1ccc(S(=O)[O-])c([N+](C)(C)C)c1. The van der Waals surface area contributed by atoms with Crippen molar-refractivity contribution in [1.82, 2.24) is 4.48 Å². The summed E-state index contributed by atoms with van der Waals surface area (Å²) < 4.78 is 27.5. The smallest absolute Gasteiger partial charge is 0.151 e. The van der Waals surface area contributed by atoms with Crippen LogP contribution in [0.25, 0.3) is 0 Å². The third kappa shape index (κ3) is 2.77. The van der Waals surface area contributed by atoms with Crippen LogP contribution >= 0.6 is 0 Å². The molecule has 0 saturated carbocycles. The van der Waals surface area contributed by atoms with Gasteiger partial charge in [0, 0.05) is 6.07 Å². The summed E-state index contributed by atoms with van der Waals surface area (Å²) >= 11 is -2.22. The summed E-state index contributed by atoms with van der Waals surface area (Å²) in [5, 5.41) is 0. The fraction of sp³-hybridized carbons (Fsp3) is 0.400. The zero-order chi connectivity index (χ0) is 11.6. The van der Waals surface area contributed by atoms with Gasteiger partial charge in [0.1, 0.15) is 5.75 Å². The Labute approximate surface area is 92.4 Å². The van der Waals surface area contributed by atoms with E-state index in [0.717, 1.165) is 0 Å². The van der Waals surface area contributed by atoms with Crippen molar-refractivity contribution in [3.05, 3.63) is 18.2 Å². The minimum Gasteiger partial charge on any atom is -0.768 e. The van der Waals surface area contributed by atoms with E-state index in [2.05, 4.69) is 0 Å². The van der Waals surface area contributed by atoms with Crippen LogP contribution in [0.5, 0.6) is 5.75 Å². The first-order chi connectivity index (χ1) is 6.86. The Hall–Kier alpha value is -0.910. The Kier molecular flexibility index (Phi) is 3.49. The van der Waals surface area contributed by atoms with Gasteiger partial charge in [-0.1, -0.05) is 0 Å². The van der Waals surface area contributed by atoms with Crippen molar-refractivity contribution >= 4 is 16.8 Å². The summed E-state index contributed by atoms with van der Waals surface area (Å²) in [7, 11) is 7.28. The molecule has 0 aromatic heterocycles. The van der Waals surface area contributed by atoms with Gasteiger partial charge in [0.2, 0.25) is 0 Å². The Morgan fingerprint density at radius 2 is 1.93 bits per heavy atom. The molecule has 0 heterocycles. The standard InChI is InChI=1S/C10H15NO3S/c1-11(2,3)9-7-8(14-4)5-6-10(9)15(12)13/h5-7H,1-4H3. The van der Waals surface area contributed by atoms with Crippen LogP contribution in [0.4, 0.5) is 5.69 Å². The summed E-state index contributed by atoms with van der Waals surface area (Å²) in [4.78, 5) is 0.309. The third-order valence-corrected chi connectivity index (χ3v) is 2.77. The van der Waals surface area contributed by atoms with Gasteiger partial charge in [-0.3, -0.25) is 8.69 Å². The largest absolute Gasteiger partial charge is 0.768 e. The van der Waals surface area contributed by atoms with Gasteiger partial charge in [-0.2, -0.15) is 0 Å². The second kappa shape index (κ2) is 4.30. The average molecular weight is 229 g/mol. The molecule has 15 heavy (non-hydrogen) atoms. The van der Waals surface area contributed by atoms with Crippen LogP contribution in [0, 0.1) is 0 Å². The second-order valence-corrected chi connectivity index (χ2v) is 4.99. The minimum atomic E-state index is -2.22. The summed E-state index contributed by atoms with van der Waals surface area (Å²) in [6.07, 6.45) is 0. The lowest BCUT2D eigenvalue weighted by Crippen LogP contribution is -2.35. The zero-order valence-corrected chi connectivity index (χ0v) is 10.1. The van der Waals surface area contributed by atoms with Crippen LogP contribution in [-0.4, -0.2) is 37.0 Å². The molecule has 0 spiro atoms. The van der Waals surface area contributed by atoms with Crippen molar-refractivity contribution in [3.8, 4) is 5.75 Å². The molecule has 4 nitrogen and oxygen atoms in total. The molecular weight excluding hydrogens is 214 g/mol. The molecule has 1 unspecified atom stereocenters. The van der Waals surface area contributed by atoms with E-state index in [1.54, 1.807) is 25.3 Å². The van der Waals surface area contributed by atoms with E-state index in [0.29, 0.717) is 20.8 Å². The molecule has 0 amide bonds. The summed E-state index contributed by atoms with van der Waals surface area (Å²) in [6, 6.07) is 4.94. The maximum atomic E-state index is 11.0. The molecule has 0 aliphatic heterocycles. The Morgan fingerprint density at radius 1 is 1.33 bits per heavy atom. The van der Waals surface area contributed by atoms with E-state index in [9.17, 15) is 8.76 Å². The topological polar surface area (TPSA) is 49.4 Å². The normalized spacial score (nSPS) is 13.7. The number of methoxy groups -OCH3 is 1. The van der Waals surface area contributed by atoms with Crippen molar-refractivity contribution < 1.29 is 13.5 Å². The molecule has 1 rings (SSSR count). The van der Waals surface area contributed by atoms with Gasteiger partial charge in [-0.15, -0.1) is 0 Å². The second-order valence-electron chi connectivity index (χ2n) is 4.08. The minimum absolute atomic E-state index is 0.309. The van der Waals surface area contributed by atoms with Gasteiger partial charge in [-0.05, 0) is 23.2 Å². The number of quaternary nitrogens is 1. The Bertz CT molecular complexity index is 385. The molecule has 1 aromatic carbocycles. The van der Waals surface area contributed by atoms with Crippen LogP contribution in [0.1, 0.15) is 0 Å². The fourth-order valence-corrected chi connectivity index (χ4v) is 1.97. The molecule has 1 atom stereocenters. The average Bonchev–Trinajstić information content (AvgIpc) is 2.15. The van der Waals surface area contributed by atoms with Gasteiger partial charge < -0.3 is 9.29 Å². The monoisotopic (exact) mass is 229 g/mol. The first-order valence-electron chi connectivity index (χ1n) is 4.45. The lowest BCUT2D eigenvalue weighted by atomic mass is 10.2. The molecule has 0 radical (unpaired) electrons. The van der Waals surface area contributed by atoms with Crippen molar-refractivity contribution in [1.29, 1.82) is 0 Å². The van der Waals surface area contributed by atoms with Gasteiger partial charge in [0.15, 0.2) is 5.69 Å². The van der Waals surface area contributed by atoms with E-state index in [-0.39, 0.29) is 0 Å². The molecule has 0 aliphatic carbocycles. The number of ether oxygens (including phenoxy) is 1. The summed E-state index contributed by atoms with van der Waals surface area (Å²) in [6.45, 7) is 0. The van der Waals surface area contributed by atoms with E-state index < -0.39 is 11.1 Å². The highest BCUT2D eigenvalue weighted by molar-refractivity contribution is 7.79. The van der Waals surface area contributed by atoms with Crippen molar-refractivity contribution in [2.45, 2.75) is 4.90 Å². The molecule has 1 aromatic rings. The quantitative estimate of drug-likeness (QED) is 0.576. The number of hydrogen-bond donors (Lipinski definition) is 0. The van der Waals surface area contributed by atoms with Gasteiger partial charge in [-0.25, -0.2) is 0 Å². The highest BCUT2D eigenvalue weighted by Gasteiger charge is 2.19. The van der Waals surface area contributed by atoms with E-state index in [1.807, 2.05) is 21.1 Å². The van der Waals surface area contributed by atoms with E-state index in [1.165, 1.54) is 0 Å². The molecule has 0 bridgehead atoms. The van der Waals surface area contributed by atoms with E-state index >= 15 is 0 Å². The van der Waals surface area contributed by atoms with Crippen LogP contribution in [0.15, 0.2) is 23.1 Å². The van der Waals surface area contributed by atoms with Gasteiger partial charge in [0.25, 0.3) is 0 Å². The first kappa shape index (κ1) is 12.2. The molecule has 0 saturated heterocycles. The zero-order valence-electron chi connectivity index (χ0n) is 9.31. The lowest BCUT2D eigenvalue weighted by molar-refractivity contribution is 0.409. The van der Waals surface area contributed by atoms with Crippen LogP contribution in [-0.2, 0) is 11.1 Å². The summed E-state index contributed by atoms with van der Waals surface area (Å²) in [5.41, 5.74) is 0.711. The van der Waals surface area contributed by atoms with Crippen molar-refractivity contribution in [2.24, 2.45) is 0 Å². The number of hydrogen-bond acceptors (Lipinski definition) is 3. The molecule has 84 valence electrons. The molecule has 5 heteroatoms. The summed E-state index contributed by atoms with van der Waals surface area (Å²) in [5.74, 6) is 0.659. The molecule has 0 fully saturated rings. The maximum absolute atomic E-state index is 11.0. The highest BCUT2D eigenvalue weighted by Crippen LogP contribution is 2.29. The molecule has 0 N–H and O–H groups in total. The fourth-order valence-electron chi connectivity index (χ4n) is 1.29. The van der Waals surface area contributed by atoms with Crippen LogP contribution in [0.3, 0.4) is 0 Å². The molecular formula is C10H15NO3S. The predicted molar refractivity (Wildman–Crippen MR) is 59.7 cm³/mol. The number of benzene rings is 1. The van der Waals surface area contributed by atoms with Gasteiger partial charge >= 0.3 is 0 Å². The van der Waals surface area contributed by atoms with Crippen molar-refractivity contribution in [2.75, 3.05) is 28.3 Å². The van der Waals surface area contributed by atoms with Crippen LogP contribution < -0.4 is 9.22 Å². The first-order valence-corrected chi connectivity index (χ1v) is 5.53. The lowest BCUT2D eigenvalue weighted by Gasteiger charge is -2.26. The Morgan fingerprint density at radius 3 is 2.33 bits per heavy atom. The van der Waals surface area contributed by atoms with E-state index in [4.69, 9.17) is 4.74 Å². The Balaban J connectivity index is 3.36. The molecule has 0 aliphatic rings. The predicted octanol–water partition coefficient (Wildman–Crippen LogP) is 1.13. The van der Waals surface area contributed by atoms with Gasteiger partial charge in [0.05, 0.1) is 33.1 Å². The third-order valence-electron chi connectivity index (χ3n) is 2.07. The van der Waals surface area contributed by atoms with Crippen LogP contribution in [0.2, 0.25) is 0 Å². The number of nitrogens with zero attached hydrogens (tertiary/aromatic N) is 1.